The number of esters is 1. The molecule has 0 amide bonds. The van der Waals surface area contributed by atoms with Crippen molar-refractivity contribution in [3.05, 3.63) is 28.8 Å². The molecule has 1 saturated heterocycles. The summed E-state index contributed by atoms with van der Waals surface area (Å²) < 4.78 is 10.6. The summed E-state index contributed by atoms with van der Waals surface area (Å²) in [6.45, 7) is 3.90. The normalized spacial score (nSPS) is 18.8. The van der Waals surface area contributed by atoms with E-state index in [1.54, 1.807) is 0 Å². The van der Waals surface area contributed by atoms with Crippen molar-refractivity contribution in [3.63, 3.8) is 0 Å². The molecule has 1 fully saturated rings. The van der Waals surface area contributed by atoms with Gasteiger partial charge in [0.15, 0.2) is 6.10 Å². The first-order valence-electron chi connectivity index (χ1n) is 6.03. The molecule has 0 bridgehead atoms. The molecule has 1 aliphatic rings. The molecule has 4 nitrogen and oxygen atoms in total. The quantitative estimate of drug-likeness (QED) is 0.832. The first kappa shape index (κ1) is 13.2. The smallest absolute Gasteiger partial charge is 0.347 e. The van der Waals surface area contributed by atoms with Crippen molar-refractivity contribution in [2.24, 2.45) is 0 Å². The molecule has 1 unspecified atom stereocenters. The Hall–Kier alpha value is -1.26. The van der Waals surface area contributed by atoms with E-state index in [-0.39, 0.29) is 5.97 Å². The van der Waals surface area contributed by atoms with Crippen molar-refractivity contribution in [2.75, 3.05) is 13.2 Å². The third kappa shape index (κ3) is 2.94. The number of carbonyl (C=O) groups is 1. The van der Waals surface area contributed by atoms with Crippen LogP contribution >= 0.6 is 11.6 Å². The molecule has 1 N–H and O–H groups in total. The molecule has 0 radical (unpaired) electrons. The number of halogens is 1. The second kappa shape index (κ2) is 6.07. The number of nitrogens with one attached hydrogen (secondary N) is 1. The summed E-state index contributed by atoms with van der Waals surface area (Å²) in [4.78, 5) is 11.4. The number of hydrogen-bond donors (Lipinski definition) is 1. The maximum Gasteiger partial charge on any atom is 0.347 e. The van der Waals surface area contributed by atoms with Crippen LogP contribution in [-0.4, -0.2) is 25.2 Å². The number of carbonyl (C=O) groups excluding carboxylic acids is 1. The third-order valence-corrected chi connectivity index (χ3v) is 3.14. The molecule has 0 spiro atoms. The monoisotopic (exact) mass is 269 g/mol. The zero-order valence-corrected chi connectivity index (χ0v) is 11.0. The predicted molar refractivity (Wildman–Crippen MR) is 68.8 cm³/mol. The van der Waals surface area contributed by atoms with Crippen molar-refractivity contribution in [3.8, 4) is 5.75 Å². The molecule has 1 heterocycles. The van der Waals surface area contributed by atoms with E-state index in [4.69, 9.17) is 21.1 Å². The van der Waals surface area contributed by atoms with Gasteiger partial charge < -0.3 is 14.8 Å². The van der Waals surface area contributed by atoms with Crippen LogP contribution in [0.5, 0.6) is 5.75 Å². The summed E-state index contributed by atoms with van der Waals surface area (Å²) in [6.07, 6.45) is 0.0789. The fraction of sp³-hybridized carbons (Fsp3) is 0.462. The predicted octanol–water partition coefficient (Wildman–Crippen LogP) is 2.14. The highest BCUT2D eigenvalue weighted by atomic mass is 35.5. The van der Waals surface area contributed by atoms with Gasteiger partial charge in [-0.3, -0.25) is 0 Å². The largest absolute Gasteiger partial charge is 0.478 e. The van der Waals surface area contributed by atoms with E-state index in [0.717, 1.165) is 12.1 Å². The average molecular weight is 270 g/mol. The number of ether oxygens (including phenoxy) is 2. The van der Waals surface area contributed by atoms with Crippen molar-refractivity contribution < 1.29 is 14.3 Å². The van der Waals surface area contributed by atoms with Gasteiger partial charge in [-0.25, -0.2) is 4.79 Å². The number of benzene rings is 1. The lowest BCUT2D eigenvalue weighted by Crippen LogP contribution is -2.23. The lowest BCUT2D eigenvalue weighted by atomic mass is 10.2. The molecule has 5 heteroatoms. The summed E-state index contributed by atoms with van der Waals surface area (Å²) >= 11 is 6.15. The topological polar surface area (TPSA) is 47.6 Å². The lowest BCUT2D eigenvalue weighted by Gasteiger charge is -2.15. The molecule has 2 rings (SSSR count). The van der Waals surface area contributed by atoms with Crippen LogP contribution in [0.3, 0.4) is 0 Å². The molecular weight excluding hydrogens is 254 g/mol. The Labute approximate surface area is 111 Å². The molecule has 18 heavy (non-hydrogen) atoms. The highest BCUT2D eigenvalue weighted by Gasteiger charge is 2.29. The maximum absolute atomic E-state index is 11.4. The Bertz CT molecular complexity index is 436. The number of rotatable bonds is 5. The van der Waals surface area contributed by atoms with Gasteiger partial charge >= 0.3 is 5.97 Å². The van der Waals surface area contributed by atoms with Crippen molar-refractivity contribution in [1.82, 2.24) is 5.32 Å². The van der Waals surface area contributed by atoms with Gasteiger partial charge in [-0.2, -0.15) is 0 Å². The van der Waals surface area contributed by atoms with Gasteiger partial charge in [0.25, 0.3) is 0 Å². The molecule has 0 saturated carbocycles. The summed E-state index contributed by atoms with van der Waals surface area (Å²) in [5.74, 6) is 0.344. The summed E-state index contributed by atoms with van der Waals surface area (Å²) in [7, 11) is 0. The fourth-order valence-electron chi connectivity index (χ4n) is 1.81. The summed E-state index contributed by atoms with van der Waals surface area (Å²) in [5.41, 5.74) is 0.876. The minimum absolute atomic E-state index is 0.302. The molecule has 1 aromatic carbocycles. The Morgan fingerprint density at radius 3 is 3.06 bits per heavy atom. The molecule has 1 aliphatic heterocycles. The van der Waals surface area contributed by atoms with Crippen LogP contribution in [0.4, 0.5) is 0 Å². The van der Waals surface area contributed by atoms with Gasteiger partial charge in [-0.05, 0) is 18.7 Å². The Balaban J connectivity index is 2.15. The van der Waals surface area contributed by atoms with Gasteiger partial charge in [0.05, 0.1) is 6.61 Å². The molecule has 98 valence electrons. The Morgan fingerprint density at radius 2 is 2.39 bits per heavy atom. The second-order valence-corrected chi connectivity index (χ2v) is 4.47. The van der Waals surface area contributed by atoms with E-state index in [1.165, 1.54) is 0 Å². The lowest BCUT2D eigenvalue weighted by molar-refractivity contribution is -0.143. The van der Waals surface area contributed by atoms with E-state index < -0.39 is 6.10 Å². The van der Waals surface area contributed by atoms with E-state index in [2.05, 4.69) is 5.32 Å². The van der Waals surface area contributed by atoms with E-state index >= 15 is 0 Å². The van der Waals surface area contributed by atoms with Crippen LogP contribution in [-0.2, 0) is 16.1 Å². The van der Waals surface area contributed by atoms with Gasteiger partial charge in [-0.1, -0.05) is 24.6 Å². The van der Waals surface area contributed by atoms with Crippen LogP contribution < -0.4 is 10.1 Å². The minimum atomic E-state index is -0.510. The van der Waals surface area contributed by atoms with Crippen LogP contribution in [0.2, 0.25) is 5.02 Å². The zero-order valence-electron chi connectivity index (χ0n) is 10.2. The van der Waals surface area contributed by atoms with Gasteiger partial charge in [0, 0.05) is 23.6 Å². The summed E-state index contributed by atoms with van der Waals surface area (Å²) in [5, 5.41) is 3.84. The van der Waals surface area contributed by atoms with Crippen LogP contribution in [0.15, 0.2) is 18.2 Å². The van der Waals surface area contributed by atoms with E-state index in [1.807, 2.05) is 25.1 Å². The first-order valence-corrected chi connectivity index (χ1v) is 6.41. The third-order valence-electron chi connectivity index (χ3n) is 2.78. The zero-order chi connectivity index (χ0) is 13.0. The average Bonchev–Trinajstić information content (AvgIpc) is 2.74. The van der Waals surface area contributed by atoms with Gasteiger partial charge in [0.1, 0.15) is 5.75 Å². The highest BCUT2D eigenvalue weighted by molar-refractivity contribution is 6.31. The van der Waals surface area contributed by atoms with Crippen LogP contribution in [0.1, 0.15) is 18.9 Å². The minimum Gasteiger partial charge on any atom is -0.478 e. The van der Waals surface area contributed by atoms with Gasteiger partial charge in [0.2, 0.25) is 0 Å². The first-order chi connectivity index (χ1) is 8.72. The van der Waals surface area contributed by atoms with E-state index in [0.29, 0.717) is 30.3 Å². The van der Waals surface area contributed by atoms with E-state index in [9.17, 15) is 4.79 Å². The molecule has 0 aliphatic carbocycles. The standard InChI is InChI=1S/C13H16ClNO3/c1-2-15-8-9-10(14)4-3-5-11(9)18-12-6-7-17-13(12)16/h3-5,12,15H,2,6-8H2,1H3. The number of cyclic esters (lactones) is 1. The Kier molecular flexibility index (Phi) is 4.44. The SMILES string of the molecule is CCNCc1c(Cl)cccc1OC1CCOC1=O. The Morgan fingerprint density at radius 1 is 1.56 bits per heavy atom. The van der Waals surface area contributed by atoms with Crippen molar-refractivity contribution >= 4 is 17.6 Å². The van der Waals surface area contributed by atoms with Crippen molar-refractivity contribution in [2.45, 2.75) is 26.0 Å². The fourth-order valence-corrected chi connectivity index (χ4v) is 2.04. The molecular formula is C13H16ClNO3. The highest BCUT2D eigenvalue weighted by Crippen LogP contribution is 2.28. The molecule has 1 atom stereocenters. The van der Waals surface area contributed by atoms with Gasteiger partial charge in [-0.15, -0.1) is 0 Å². The van der Waals surface area contributed by atoms with Crippen LogP contribution in [0.25, 0.3) is 0 Å². The van der Waals surface area contributed by atoms with Crippen molar-refractivity contribution in [1.29, 1.82) is 0 Å². The maximum atomic E-state index is 11.4. The summed E-state index contributed by atoms with van der Waals surface area (Å²) in [6, 6.07) is 5.45. The number of hydrogen-bond acceptors (Lipinski definition) is 4. The van der Waals surface area contributed by atoms with Crippen LogP contribution in [0, 0.1) is 0 Å². The second-order valence-electron chi connectivity index (χ2n) is 4.06. The molecule has 0 aromatic heterocycles. The molecule has 1 aromatic rings.